The predicted molar refractivity (Wildman–Crippen MR) is 114 cm³/mol. The number of carboxylic acids is 1. The van der Waals surface area contributed by atoms with Crippen LogP contribution in [-0.4, -0.2) is 32.2 Å². The van der Waals surface area contributed by atoms with Crippen molar-refractivity contribution in [1.82, 2.24) is 14.9 Å². The van der Waals surface area contributed by atoms with Crippen LogP contribution in [0.3, 0.4) is 0 Å². The highest BCUT2D eigenvalue weighted by Crippen LogP contribution is 2.25. The van der Waals surface area contributed by atoms with Gasteiger partial charge < -0.3 is 5.11 Å². The molecule has 1 heterocycles. The Morgan fingerprint density at radius 2 is 1.93 bits per heavy atom. The number of rotatable bonds is 7. The van der Waals surface area contributed by atoms with Crippen LogP contribution in [0.1, 0.15) is 47.1 Å². The lowest BCUT2D eigenvalue weighted by Crippen LogP contribution is -2.05. The fraction of sp³-hybridized carbons (Fsp3) is 0.200. The Balaban J connectivity index is 1.88. The monoisotopic (exact) mass is 458 g/mol. The van der Waals surface area contributed by atoms with Crippen LogP contribution in [0.4, 0.5) is 0 Å². The van der Waals surface area contributed by atoms with Crippen molar-refractivity contribution in [3.05, 3.63) is 75.5 Å². The summed E-state index contributed by atoms with van der Waals surface area (Å²) in [5.74, 6) is 0.591. The Hall–Kier alpha value is -2.45. The Bertz CT molecular complexity index is 1000. The second-order valence-electron chi connectivity index (χ2n) is 6.36. The number of carboxylic acid groups (broad SMARTS) is 1. The molecule has 0 aliphatic rings. The van der Waals surface area contributed by atoms with Gasteiger partial charge in [-0.1, -0.05) is 71.9 Å². The Morgan fingerprint density at radius 1 is 1.21 bits per heavy atom. The smallest absolute Gasteiger partial charge is 0.336 e. The first kappa shape index (κ1) is 20.3. The van der Waals surface area contributed by atoms with E-state index in [-0.39, 0.29) is 11.5 Å². The average Bonchev–Trinajstić information content (AvgIpc) is 3.09. The van der Waals surface area contributed by atoms with Crippen molar-refractivity contribution in [3.8, 4) is 0 Å². The molecule has 0 amide bonds. The maximum Gasteiger partial charge on any atom is 0.336 e. The van der Waals surface area contributed by atoms with Gasteiger partial charge >= 0.3 is 5.97 Å². The van der Waals surface area contributed by atoms with Crippen LogP contribution in [0, 0.1) is 0 Å². The molecule has 0 saturated heterocycles. The van der Waals surface area contributed by atoms with Crippen LogP contribution in [0.5, 0.6) is 0 Å². The number of carbonyl (C=O) groups is 1. The predicted octanol–water partition coefficient (Wildman–Crippen LogP) is 5.04. The van der Waals surface area contributed by atoms with E-state index >= 15 is 0 Å². The first-order valence-electron chi connectivity index (χ1n) is 8.65. The van der Waals surface area contributed by atoms with Gasteiger partial charge in [-0.05, 0) is 23.8 Å². The van der Waals surface area contributed by atoms with E-state index in [4.69, 9.17) is 0 Å². The summed E-state index contributed by atoms with van der Waals surface area (Å²) in [7, 11) is 0. The molecule has 6 nitrogen and oxygen atoms in total. The highest BCUT2D eigenvalue weighted by atomic mass is 79.9. The molecule has 1 aromatic heterocycles. The van der Waals surface area contributed by atoms with E-state index in [1.165, 1.54) is 11.8 Å². The number of halogens is 1. The third-order valence-corrected chi connectivity index (χ3v) is 5.46. The zero-order valence-corrected chi connectivity index (χ0v) is 17.8. The number of aromatic nitrogens is 3. The fourth-order valence-corrected chi connectivity index (χ4v) is 3.60. The molecule has 0 radical (unpaired) electrons. The van der Waals surface area contributed by atoms with Gasteiger partial charge in [0.15, 0.2) is 5.82 Å². The van der Waals surface area contributed by atoms with Crippen molar-refractivity contribution in [3.63, 3.8) is 0 Å². The van der Waals surface area contributed by atoms with E-state index in [0.717, 1.165) is 21.6 Å². The molecular formula is C20H19BrN4O2S. The first-order valence-corrected chi connectivity index (χ1v) is 10.4. The lowest BCUT2D eigenvalue weighted by molar-refractivity contribution is 0.0696. The summed E-state index contributed by atoms with van der Waals surface area (Å²) < 4.78 is 2.72. The van der Waals surface area contributed by atoms with Gasteiger partial charge in [-0.15, -0.1) is 10.2 Å². The summed E-state index contributed by atoms with van der Waals surface area (Å²) in [6.45, 7) is 4.04. The van der Waals surface area contributed by atoms with Crippen LogP contribution in [0.15, 0.2) is 63.3 Å². The maximum absolute atomic E-state index is 11.4. The van der Waals surface area contributed by atoms with Gasteiger partial charge in [0.25, 0.3) is 0 Å². The van der Waals surface area contributed by atoms with Crippen molar-refractivity contribution in [2.75, 3.05) is 0 Å². The zero-order valence-electron chi connectivity index (χ0n) is 15.4. The van der Waals surface area contributed by atoms with Crippen LogP contribution >= 0.6 is 27.7 Å². The summed E-state index contributed by atoms with van der Waals surface area (Å²) in [4.78, 5) is 11.4. The van der Waals surface area contributed by atoms with E-state index in [1.54, 1.807) is 35.2 Å². The second kappa shape index (κ2) is 9.16. The standard InChI is InChI=1S/C20H19BrN4O2S/c1-13(2)18-23-24-20(28-12-14-7-9-16(21)10-8-14)25(18)22-11-15-5-3-4-6-17(15)19(26)27/h3-11,13H,12H2,1-2H3,(H,26,27)/b22-11+. The van der Waals surface area contributed by atoms with Crippen molar-refractivity contribution in [2.24, 2.45) is 5.10 Å². The van der Waals surface area contributed by atoms with E-state index < -0.39 is 5.97 Å². The van der Waals surface area contributed by atoms with E-state index in [1.807, 2.05) is 38.1 Å². The summed E-state index contributed by atoms with van der Waals surface area (Å²) in [5, 5.41) is 23.1. The highest BCUT2D eigenvalue weighted by molar-refractivity contribution is 9.10. The molecule has 0 aliphatic carbocycles. The molecule has 0 unspecified atom stereocenters. The number of aromatic carboxylic acids is 1. The zero-order chi connectivity index (χ0) is 20.1. The van der Waals surface area contributed by atoms with Gasteiger partial charge in [-0.25, -0.2) is 4.79 Å². The number of nitrogens with zero attached hydrogens (tertiary/aromatic N) is 4. The third-order valence-electron chi connectivity index (χ3n) is 3.94. The first-order chi connectivity index (χ1) is 13.5. The van der Waals surface area contributed by atoms with Crippen molar-refractivity contribution >= 4 is 39.9 Å². The molecular weight excluding hydrogens is 440 g/mol. The molecule has 0 saturated carbocycles. The summed E-state index contributed by atoms with van der Waals surface area (Å²) in [6.07, 6.45) is 1.54. The molecule has 8 heteroatoms. The maximum atomic E-state index is 11.4. The van der Waals surface area contributed by atoms with Crippen LogP contribution in [0.25, 0.3) is 0 Å². The molecule has 0 atom stereocenters. The van der Waals surface area contributed by atoms with Crippen LogP contribution < -0.4 is 0 Å². The normalized spacial score (nSPS) is 11.4. The lowest BCUT2D eigenvalue weighted by atomic mass is 10.1. The van der Waals surface area contributed by atoms with Crippen molar-refractivity contribution in [1.29, 1.82) is 0 Å². The Labute approximate surface area is 175 Å². The number of thioether (sulfide) groups is 1. The molecule has 3 rings (SSSR count). The summed E-state index contributed by atoms with van der Waals surface area (Å²) in [6, 6.07) is 14.9. The molecule has 144 valence electrons. The van der Waals surface area contributed by atoms with Gasteiger partial charge in [-0.2, -0.15) is 9.78 Å². The summed E-state index contributed by atoms with van der Waals surface area (Å²) in [5.41, 5.74) is 1.89. The third kappa shape index (κ3) is 4.88. The molecule has 0 aliphatic heterocycles. The van der Waals surface area contributed by atoms with Gasteiger partial charge in [0.1, 0.15) is 0 Å². The lowest BCUT2D eigenvalue weighted by Gasteiger charge is -2.07. The molecule has 0 fully saturated rings. The highest BCUT2D eigenvalue weighted by Gasteiger charge is 2.15. The van der Waals surface area contributed by atoms with Crippen LogP contribution in [-0.2, 0) is 5.75 Å². The van der Waals surface area contributed by atoms with Gasteiger partial charge in [0.2, 0.25) is 5.16 Å². The molecule has 28 heavy (non-hydrogen) atoms. The summed E-state index contributed by atoms with van der Waals surface area (Å²) >= 11 is 4.97. The number of benzene rings is 2. The quantitative estimate of drug-likeness (QED) is 0.396. The molecule has 3 aromatic rings. The fourth-order valence-electron chi connectivity index (χ4n) is 2.49. The van der Waals surface area contributed by atoms with Crippen LogP contribution in [0.2, 0.25) is 0 Å². The van der Waals surface area contributed by atoms with Gasteiger partial charge in [0, 0.05) is 21.7 Å². The minimum Gasteiger partial charge on any atom is -0.478 e. The topological polar surface area (TPSA) is 80.4 Å². The van der Waals surface area contributed by atoms with Crippen molar-refractivity contribution in [2.45, 2.75) is 30.7 Å². The van der Waals surface area contributed by atoms with E-state index in [9.17, 15) is 9.90 Å². The van der Waals surface area contributed by atoms with Crippen molar-refractivity contribution < 1.29 is 9.90 Å². The van der Waals surface area contributed by atoms with E-state index in [0.29, 0.717) is 10.7 Å². The molecule has 0 bridgehead atoms. The molecule has 0 spiro atoms. The van der Waals surface area contributed by atoms with Gasteiger partial charge in [0.05, 0.1) is 11.8 Å². The minimum atomic E-state index is -0.986. The number of hydrogen-bond donors (Lipinski definition) is 1. The molecule has 1 N–H and O–H groups in total. The minimum absolute atomic E-state index is 0.126. The Morgan fingerprint density at radius 3 is 2.61 bits per heavy atom. The second-order valence-corrected chi connectivity index (χ2v) is 8.22. The molecule has 2 aromatic carbocycles. The average molecular weight is 459 g/mol. The van der Waals surface area contributed by atoms with E-state index in [2.05, 4.69) is 31.2 Å². The largest absolute Gasteiger partial charge is 0.478 e. The Kier molecular flexibility index (Phi) is 6.64. The van der Waals surface area contributed by atoms with Gasteiger partial charge in [-0.3, -0.25) is 0 Å². The SMILES string of the molecule is CC(C)c1nnc(SCc2ccc(Br)cc2)n1/N=C/c1ccccc1C(=O)O. The number of hydrogen-bond acceptors (Lipinski definition) is 5.